The van der Waals surface area contributed by atoms with Crippen molar-refractivity contribution in [3.05, 3.63) is 60.3 Å². The first-order chi connectivity index (χ1) is 12.2. The Balaban J connectivity index is 1.40. The number of aromatic nitrogens is 1. The third kappa shape index (κ3) is 3.18. The summed E-state index contributed by atoms with van der Waals surface area (Å²) in [4.78, 5) is 17.5. The van der Waals surface area contributed by atoms with Gasteiger partial charge in [-0.15, -0.1) is 0 Å². The van der Waals surface area contributed by atoms with Gasteiger partial charge in [0.2, 0.25) is 5.91 Å². The number of benzene rings is 2. The average molecular weight is 336 g/mol. The SMILES string of the molecule is CN(CC1COc2ccccc2O1)C(=O)Cc1c[nH]c2ccccc12. The van der Waals surface area contributed by atoms with Gasteiger partial charge in [0.1, 0.15) is 6.61 Å². The molecule has 0 bridgehead atoms. The van der Waals surface area contributed by atoms with Crippen LogP contribution in [0, 0.1) is 0 Å². The Morgan fingerprint density at radius 3 is 2.80 bits per heavy atom. The van der Waals surface area contributed by atoms with Gasteiger partial charge in [0.25, 0.3) is 0 Å². The summed E-state index contributed by atoms with van der Waals surface area (Å²) in [5.41, 5.74) is 2.06. The first-order valence-corrected chi connectivity index (χ1v) is 8.38. The molecular formula is C20H20N2O3. The van der Waals surface area contributed by atoms with Crippen LogP contribution in [0.4, 0.5) is 0 Å². The molecule has 1 amide bonds. The van der Waals surface area contributed by atoms with Crippen molar-refractivity contribution in [2.45, 2.75) is 12.5 Å². The lowest BCUT2D eigenvalue weighted by molar-refractivity contribution is -0.130. The Labute approximate surface area is 146 Å². The van der Waals surface area contributed by atoms with E-state index in [-0.39, 0.29) is 12.0 Å². The monoisotopic (exact) mass is 336 g/mol. The molecule has 0 spiro atoms. The van der Waals surface area contributed by atoms with E-state index in [4.69, 9.17) is 9.47 Å². The van der Waals surface area contributed by atoms with Crippen molar-refractivity contribution >= 4 is 16.8 Å². The Morgan fingerprint density at radius 1 is 1.16 bits per heavy atom. The number of nitrogens with one attached hydrogen (secondary N) is 1. The molecule has 2 heterocycles. The van der Waals surface area contributed by atoms with Gasteiger partial charge >= 0.3 is 0 Å². The van der Waals surface area contributed by atoms with Crippen LogP contribution < -0.4 is 9.47 Å². The molecule has 1 aromatic heterocycles. The van der Waals surface area contributed by atoms with Crippen LogP contribution in [0.15, 0.2) is 54.7 Å². The lowest BCUT2D eigenvalue weighted by Crippen LogP contribution is -2.42. The smallest absolute Gasteiger partial charge is 0.226 e. The third-order valence-electron chi connectivity index (χ3n) is 4.49. The summed E-state index contributed by atoms with van der Waals surface area (Å²) >= 11 is 0. The van der Waals surface area contributed by atoms with E-state index in [0.29, 0.717) is 19.6 Å². The fourth-order valence-corrected chi connectivity index (χ4v) is 3.14. The summed E-state index contributed by atoms with van der Waals surface area (Å²) in [6, 6.07) is 15.6. The Morgan fingerprint density at radius 2 is 1.92 bits per heavy atom. The summed E-state index contributed by atoms with van der Waals surface area (Å²) in [6.07, 6.45) is 2.11. The molecule has 1 aliphatic rings. The number of rotatable bonds is 4. The van der Waals surface area contributed by atoms with Gasteiger partial charge in [0.05, 0.1) is 13.0 Å². The summed E-state index contributed by atoms with van der Waals surface area (Å²) in [5, 5.41) is 1.09. The highest BCUT2D eigenvalue weighted by molar-refractivity contribution is 5.88. The number of amides is 1. The molecule has 1 atom stereocenters. The van der Waals surface area contributed by atoms with Gasteiger partial charge in [-0.2, -0.15) is 0 Å². The third-order valence-corrected chi connectivity index (χ3v) is 4.49. The largest absolute Gasteiger partial charge is 0.486 e. The quantitative estimate of drug-likeness (QED) is 0.797. The van der Waals surface area contributed by atoms with Gasteiger partial charge in [-0.05, 0) is 23.8 Å². The van der Waals surface area contributed by atoms with E-state index in [0.717, 1.165) is 28.0 Å². The number of aromatic amines is 1. The topological polar surface area (TPSA) is 54.6 Å². The maximum atomic E-state index is 12.6. The van der Waals surface area contributed by atoms with Gasteiger partial charge < -0.3 is 19.4 Å². The van der Waals surface area contributed by atoms with Gasteiger partial charge in [-0.3, -0.25) is 4.79 Å². The number of carbonyl (C=O) groups is 1. The number of carbonyl (C=O) groups excluding carboxylic acids is 1. The van der Waals surface area contributed by atoms with E-state index >= 15 is 0 Å². The van der Waals surface area contributed by atoms with E-state index in [1.807, 2.05) is 54.7 Å². The number of hydrogen-bond acceptors (Lipinski definition) is 3. The lowest BCUT2D eigenvalue weighted by atomic mass is 10.1. The minimum absolute atomic E-state index is 0.0622. The van der Waals surface area contributed by atoms with Crippen molar-refractivity contribution in [2.75, 3.05) is 20.2 Å². The summed E-state index contributed by atoms with van der Waals surface area (Å²) in [7, 11) is 1.81. The van der Waals surface area contributed by atoms with Crippen molar-refractivity contribution in [1.82, 2.24) is 9.88 Å². The van der Waals surface area contributed by atoms with Gasteiger partial charge in [-0.25, -0.2) is 0 Å². The molecule has 1 N–H and O–H groups in total. The van der Waals surface area contributed by atoms with E-state index in [9.17, 15) is 4.79 Å². The van der Waals surface area contributed by atoms with E-state index in [1.54, 1.807) is 11.9 Å². The predicted octanol–water partition coefficient (Wildman–Crippen LogP) is 3.01. The molecule has 5 heteroatoms. The van der Waals surface area contributed by atoms with Crippen molar-refractivity contribution in [1.29, 1.82) is 0 Å². The van der Waals surface area contributed by atoms with Gasteiger partial charge in [0, 0.05) is 24.1 Å². The Hall–Kier alpha value is -2.95. The highest BCUT2D eigenvalue weighted by atomic mass is 16.6. The molecule has 1 aliphatic heterocycles. The predicted molar refractivity (Wildman–Crippen MR) is 96.0 cm³/mol. The van der Waals surface area contributed by atoms with Crippen molar-refractivity contribution in [2.24, 2.45) is 0 Å². The first kappa shape index (κ1) is 15.6. The summed E-state index contributed by atoms with van der Waals surface area (Å²) in [5.74, 6) is 1.55. The molecule has 0 saturated heterocycles. The Kier molecular flexibility index (Phi) is 4.06. The molecule has 0 fully saturated rings. The second-order valence-electron chi connectivity index (χ2n) is 6.31. The standard InChI is InChI=1S/C20H20N2O3/c1-22(12-15-13-24-18-8-4-5-9-19(18)25-15)20(23)10-14-11-21-17-7-3-2-6-16(14)17/h2-9,11,15,21H,10,12-13H2,1H3. The van der Waals surface area contributed by atoms with Crippen LogP contribution in [-0.2, 0) is 11.2 Å². The average Bonchev–Trinajstić information content (AvgIpc) is 3.04. The molecule has 2 aromatic carbocycles. The fraction of sp³-hybridized carbons (Fsp3) is 0.250. The zero-order chi connectivity index (χ0) is 17.2. The number of para-hydroxylation sites is 3. The van der Waals surface area contributed by atoms with Crippen LogP contribution in [0.1, 0.15) is 5.56 Å². The molecule has 3 aromatic rings. The minimum Gasteiger partial charge on any atom is -0.486 e. The molecule has 0 aliphatic carbocycles. The van der Waals surface area contributed by atoms with E-state index < -0.39 is 0 Å². The van der Waals surface area contributed by atoms with Crippen molar-refractivity contribution < 1.29 is 14.3 Å². The second kappa shape index (κ2) is 6.51. The van der Waals surface area contributed by atoms with Crippen LogP contribution in [0.2, 0.25) is 0 Å². The normalized spacial score (nSPS) is 16.0. The highest BCUT2D eigenvalue weighted by Crippen LogP contribution is 2.31. The Bertz CT molecular complexity index is 903. The van der Waals surface area contributed by atoms with Gasteiger partial charge in [-0.1, -0.05) is 30.3 Å². The molecule has 128 valence electrons. The zero-order valence-corrected chi connectivity index (χ0v) is 14.1. The molecule has 0 saturated carbocycles. The molecule has 25 heavy (non-hydrogen) atoms. The fourth-order valence-electron chi connectivity index (χ4n) is 3.14. The molecule has 1 unspecified atom stereocenters. The van der Waals surface area contributed by atoms with Crippen LogP contribution in [0.3, 0.4) is 0 Å². The number of ether oxygens (including phenoxy) is 2. The minimum atomic E-state index is -0.160. The number of likely N-dealkylation sites (N-methyl/N-ethyl adjacent to an activating group) is 1. The highest BCUT2D eigenvalue weighted by Gasteiger charge is 2.24. The van der Waals surface area contributed by atoms with Crippen LogP contribution in [-0.4, -0.2) is 42.1 Å². The summed E-state index contributed by atoms with van der Waals surface area (Å²) < 4.78 is 11.6. The van der Waals surface area contributed by atoms with Crippen LogP contribution in [0.25, 0.3) is 10.9 Å². The zero-order valence-electron chi connectivity index (χ0n) is 14.1. The molecule has 5 nitrogen and oxygen atoms in total. The molecular weight excluding hydrogens is 316 g/mol. The molecule has 4 rings (SSSR count). The van der Waals surface area contributed by atoms with Gasteiger partial charge in [0.15, 0.2) is 17.6 Å². The number of fused-ring (bicyclic) bond motifs is 2. The maximum absolute atomic E-state index is 12.6. The van der Waals surface area contributed by atoms with Crippen LogP contribution in [0.5, 0.6) is 11.5 Å². The van der Waals surface area contributed by atoms with E-state index in [2.05, 4.69) is 4.98 Å². The van der Waals surface area contributed by atoms with Crippen molar-refractivity contribution in [3.63, 3.8) is 0 Å². The summed E-state index contributed by atoms with van der Waals surface area (Å²) in [6.45, 7) is 0.942. The first-order valence-electron chi connectivity index (χ1n) is 8.38. The number of H-pyrrole nitrogens is 1. The van der Waals surface area contributed by atoms with E-state index in [1.165, 1.54) is 0 Å². The number of nitrogens with zero attached hydrogens (tertiary/aromatic N) is 1. The van der Waals surface area contributed by atoms with Crippen molar-refractivity contribution in [3.8, 4) is 11.5 Å². The lowest BCUT2D eigenvalue weighted by Gasteiger charge is -2.29. The molecule has 0 radical (unpaired) electrons. The maximum Gasteiger partial charge on any atom is 0.226 e. The number of hydrogen-bond donors (Lipinski definition) is 1. The van der Waals surface area contributed by atoms with Crippen LogP contribution >= 0.6 is 0 Å². The second-order valence-corrected chi connectivity index (χ2v) is 6.31.